The number of hydrogen-bond donors (Lipinski definition) is 1. The number of nitrogens with two attached hydrogens (primary N) is 1. The van der Waals surface area contributed by atoms with Crippen LogP contribution in [0.3, 0.4) is 0 Å². The van der Waals surface area contributed by atoms with Gasteiger partial charge >= 0.3 is 0 Å². The molecule has 2 N–H and O–H groups in total. The molecule has 0 radical (unpaired) electrons. The fourth-order valence-electron chi connectivity index (χ4n) is 1.70. The van der Waals surface area contributed by atoms with E-state index in [0.29, 0.717) is 27.8 Å². The van der Waals surface area contributed by atoms with Gasteiger partial charge in [-0.05, 0) is 49.9 Å². The quantitative estimate of drug-likeness (QED) is 0.436. The third kappa shape index (κ3) is 3.97. The van der Waals surface area contributed by atoms with Gasteiger partial charge in [0.25, 0.3) is 5.91 Å². The van der Waals surface area contributed by atoms with Crippen molar-refractivity contribution in [3.63, 3.8) is 0 Å². The maximum absolute atomic E-state index is 11.5. The number of aromatic nitrogens is 1. The molecule has 1 aromatic rings. The van der Waals surface area contributed by atoms with E-state index >= 15 is 0 Å². The van der Waals surface area contributed by atoms with Crippen molar-refractivity contribution in [2.75, 3.05) is 20.3 Å². The van der Waals surface area contributed by atoms with E-state index in [9.17, 15) is 4.79 Å². The third-order valence-electron chi connectivity index (χ3n) is 2.56. The Balaban J connectivity index is 3.18. The number of nitrogens with zero attached hydrogens (tertiary/aromatic N) is 4. The van der Waals surface area contributed by atoms with Crippen molar-refractivity contribution in [3.8, 4) is 0 Å². The number of halogens is 2. The zero-order chi connectivity index (χ0) is 14.4. The molecule has 0 saturated heterocycles. The van der Waals surface area contributed by atoms with Gasteiger partial charge in [0.1, 0.15) is 5.69 Å². The Bertz CT molecular complexity index is 510. The molecule has 0 saturated carbocycles. The van der Waals surface area contributed by atoms with Crippen molar-refractivity contribution in [1.29, 1.82) is 0 Å². The minimum atomic E-state index is -0.547. The number of primary amides is 1. The molecule has 1 amide bonds. The van der Waals surface area contributed by atoms with E-state index in [1.807, 2.05) is 0 Å². The maximum atomic E-state index is 11.5. The zero-order valence-electron chi connectivity index (χ0n) is 10.2. The highest BCUT2D eigenvalue weighted by atomic mass is 79.9. The first kappa shape index (κ1) is 16.0. The average molecular weight is 395 g/mol. The first-order valence-corrected chi connectivity index (χ1v) is 6.97. The smallest absolute Gasteiger partial charge is 0.265 e. The molecular formula is C10H13Br2N5O2. The summed E-state index contributed by atoms with van der Waals surface area (Å²) in [5, 5.41) is 3.57. The Morgan fingerprint density at radius 3 is 2.89 bits per heavy atom. The van der Waals surface area contributed by atoms with Gasteiger partial charge in [0.05, 0.1) is 9.08 Å². The van der Waals surface area contributed by atoms with Crippen LogP contribution >= 0.6 is 31.9 Å². The molecule has 0 aliphatic carbocycles. The summed E-state index contributed by atoms with van der Waals surface area (Å²) in [5.41, 5.74) is 14.1. The average Bonchev–Trinajstić information content (AvgIpc) is 2.67. The molecule has 0 fully saturated rings. The number of ether oxygens (including phenoxy) is 1. The Hall–Kier alpha value is -1.02. The van der Waals surface area contributed by atoms with E-state index in [0.717, 1.165) is 0 Å². The summed E-state index contributed by atoms with van der Waals surface area (Å²) in [7, 11) is 1.58. The van der Waals surface area contributed by atoms with Gasteiger partial charge in [0.15, 0.2) is 0 Å². The van der Waals surface area contributed by atoms with Crippen molar-refractivity contribution in [2.45, 2.75) is 12.5 Å². The molecule has 1 atom stereocenters. The predicted octanol–water partition coefficient (Wildman–Crippen LogP) is 3.00. The van der Waals surface area contributed by atoms with Crippen LogP contribution in [0.15, 0.2) is 20.3 Å². The molecule has 0 bridgehead atoms. The highest BCUT2D eigenvalue weighted by Gasteiger charge is 2.21. The lowest BCUT2D eigenvalue weighted by Gasteiger charge is -2.20. The summed E-state index contributed by atoms with van der Waals surface area (Å²) >= 11 is 6.72. The van der Waals surface area contributed by atoms with Gasteiger partial charge in [-0.2, -0.15) is 0 Å². The molecule has 0 aliphatic rings. The molecule has 1 heterocycles. The molecule has 9 heteroatoms. The van der Waals surface area contributed by atoms with Crippen LogP contribution in [0.1, 0.15) is 23.0 Å². The number of carbonyl (C=O) groups excluding carboxylic acids is 1. The summed E-state index contributed by atoms with van der Waals surface area (Å²) in [6.07, 6.45) is 0.593. The van der Waals surface area contributed by atoms with E-state index in [1.165, 1.54) is 0 Å². The van der Waals surface area contributed by atoms with Crippen molar-refractivity contribution >= 4 is 37.8 Å². The lowest BCUT2D eigenvalue weighted by molar-refractivity contribution is 0.0987. The van der Waals surface area contributed by atoms with Crippen LogP contribution in [0.25, 0.3) is 10.4 Å². The molecule has 7 nitrogen and oxygen atoms in total. The third-order valence-corrected chi connectivity index (χ3v) is 4.51. The number of amides is 1. The first-order chi connectivity index (χ1) is 9.02. The molecule has 104 valence electrons. The molecule has 0 spiro atoms. The predicted molar refractivity (Wildman–Crippen MR) is 77.9 cm³/mol. The van der Waals surface area contributed by atoms with Gasteiger partial charge in [0.2, 0.25) is 0 Å². The second kappa shape index (κ2) is 7.54. The van der Waals surface area contributed by atoms with Crippen molar-refractivity contribution in [1.82, 2.24) is 4.57 Å². The van der Waals surface area contributed by atoms with E-state index in [2.05, 4.69) is 41.9 Å². The highest BCUT2D eigenvalue weighted by Crippen LogP contribution is 2.31. The van der Waals surface area contributed by atoms with Crippen LogP contribution in [0.2, 0.25) is 0 Å². The van der Waals surface area contributed by atoms with Crippen LogP contribution in [0.5, 0.6) is 0 Å². The molecule has 0 unspecified atom stereocenters. The number of methoxy groups -OCH3 is 1. The number of rotatable bonds is 7. The van der Waals surface area contributed by atoms with E-state index < -0.39 is 5.91 Å². The van der Waals surface area contributed by atoms with Gasteiger partial charge in [-0.15, -0.1) is 0 Å². The summed E-state index contributed by atoms with van der Waals surface area (Å²) in [6.45, 7) is 0.686. The van der Waals surface area contributed by atoms with E-state index in [4.69, 9.17) is 16.0 Å². The molecule has 0 aromatic carbocycles. The van der Waals surface area contributed by atoms with Crippen LogP contribution in [0.4, 0.5) is 0 Å². The molecule has 1 aromatic heterocycles. The van der Waals surface area contributed by atoms with Crippen LogP contribution in [-0.4, -0.2) is 30.7 Å². The van der Waals surface area contributed by atoms with Crippen molar-refractivity contribution in [3.05, 3.63) is 31.3 Å². The second-order valence-corrected chi connectivity index (χ2v) is 5.36. The number of azide groups is 1. The van der Waals surface area contributed by atoms with Gasteiger partial charge in [0, 0.05) is 31.2 Å². The fraction of sp³-hybridized carbons (Fsp3) is 0.500. The normalized spacial score (nSPS) is 11.9. The van der Waals surface area contributed by atoms with Gasteiger partial charge in [-0.25, -0.2) is 0 Å². The van der Waals surface area contributed by atoms with Crippen LogP contribution in [-0.2, 0) is 4.74 Å². The maximum Gasteiger partial charge on any atom is 0.265 e. The lowest BCUT2D eigenvalue weighted by Crippen LogP contribution is -2.23. The Labute approximate surface area is 127 Å². The minimum absolute atomic E-state index is 0.208. The Kier molecular flexibility index (Phi) is 6.36. The van der Waals surface area contributed by atoms with Gasteiger partial charge < -0.3 is 15.0 Å². The minimum Gasteiger partial charge on any atom is -0.385 e. The lowest BCUT2D eigenvalue weighted by atomic mass is 10.2. The zero-order valence-corrected chi connectivity index (χ0v) is 13.4. The number of carbonyl (C=O) groups is 1. The monoisotopic (exact) mass is 393 g/mol. The molecule has 1 rings (SSSR count). The molecule has 0 aliphatic heterocycles. The van der Waals surface area contributed by atoms with E-state index in [-0.39, 0.29) is 12.6 Å². The summed E-state index contributed by atoms with van der Waals surface area (Å²) in [5.74, 6) is -0.547. The number of hydrogen-bond acceptors (Lipinski definition) is 3. The Morgan fingerprint density at radius 2 is 2.37 bits per heavy atom. The summed E-state index contributed by atoms with van der Waals surface area (Å²) in [4.78, 5) is 14.2. The molecular weight excluding hydrogens is 382 g/mol. The standard InChI is InChI=1S/C10H13Br2N5O2/c1-19-3-2-6(5-15-16-14)17-8(10(13)18)4-7(11)9(17)12/h4,6H,2-3,5H2,1H3,(H2,13,18)/t6-/m0/s1. The highest BCUT2D eigenvalue weighted by molar-refractivity contribution is 9.13. The van der Waals surface area contributed by atoms with Crippen LogP contribution < -0.4 is 5.73 Å². The van der Waals surface area contributed by atoms with Gasteiger partial charge in [-0.1, -0.05) is 5.11 Å². The van der Waals surface area contributed by atoms with Crippen molar-refractivity contribution in [2.24, 2.45) is 10.8 Å². The van der Waals surface area contributed by atoms with Crippen LogP contribution in [0, 0.1) is 0 Å². The topological polar surface area (TPSA) is 106 Å². The summed E-state index contributed by atoms with van der Waals surface area (Å²) < 4.78 is 8.13. The SMILES string of the molecule is COCC[C@@H](CN=[N+]=[N-])n1c(C(N)=O)cc(Br)c1Br. The van der Waals surface area contributed by atoms with Gasteiger partial charge in [-0.3, -0.25) is 4.79 Å². The fourth-order valence-corrected chi connectivity index (χ4v) is 2.71. The van der Waals surface area contributed by atoms with E-state index in [1.54, 1.807) is 17.7 Å². The first-order valence-electron chi connectivity index (χ1n) is 5.38. The van der Waals surface area contributed by atoms with Crippen molar-refractivity contribution < 1.29 is 9.53 Å². The largest absolute Gasteiger partial charge is 0.385 e. The summed E-state index contributed by atoms with van der Waals surface area (Å²) in [6, 6.07) is 1.42. The second-order valence-electron chi connectivity index (χ2n) is 3.75. The Morgan fingerprint density at radius 1 is 1.68 bits per heavy atom. The molecule has 19 heavy (non-hydrogen) atoms.